The summed E-state index contributed by atoms with van der Waals surface area (Å²) in [6.07, 6.45) is 0. The average molecular weight is 294 g/mol. The molecule has 1 aromatic carbocycles. The molecule has 0 aliphatic rings. The van der Waals surface area contributed by atoms with Crippen molar-refractivity contribution >= 4 is 45.9 Å². The lowest BCUT2D eigenvalue weighted by molar-refractivity contribution is 0.0992. The molecular formula is C10H10BrClOS. The summed E-state index contributed by atoms with van der Waals surface area (Å²) in [5.41, 5.74) is 1.45. The number of ketones is 1. The molecule has 0 spiro atoms. The van der Waals surface area contributed by atoms with Gasteiger partial charge >= 0.3 is 0 Å². The summed E-state index contributed by atoms with van der Waals surface area (Å²) >= 11 is 13.3. The molecule has 0 heterocycles. The van der Waals surface area contributed by atoms with Gasteiger partial charge < -0.3 is 0 Å². The third-order valence-electron chi connectivity index (χ3n) is 1.88. The van der Waals surface area contributed by atoms with Gasteiger partial charge in [0, 0.05) is 16.3 Å². The zero-order valence-corrected chi connectivity index (χ0v) is 10.9. The van der Waals surface area contributed by atoms with Crippen LogP contribution in [-0.2, 0) is 5.88 Å². The SMILES string of the molecule is CC(Br)C(=O)c1c(S)cccc1CCl. The summed E-state index contributed by atoms with van der Waals surface area (Å²) in [4.78, 5) is 12.3. The van der Waals surface area contributed by atoms with Crippen LogP contribution in [0.1, 0.15) is 22.8 Å². The number of halogens is 2. The van der Waals surface area contributed by atoms with Crippen molar-refractivity contribution in [3.63, 3.8) is 0 Å². The molecule has 0 N–H and O–H groups in total. The fourth-order valence-electron chi connectivity index (χ4n) is 1.18. The van der Waals surface area contributed by atoms with E-state index in [-0.39, 0.29) is 10.6 Å². The molecule has 1 nitrogen and oxygen atoms in total. The van der Waals surface area contributed by atoms with Crippen LogP contribution >= 0.6 is 40.2 Å². The van der Waals surface area contributed by atoms with E-state index in [9.17, 15) is 4.79 Å². The molecule has 0 aromatic heterocycles. The summed E-state index contributed by atoms with van der Waals surface area (Å²) < 4.78 is 0. The van der Waals surface area contributed by atoms with Crippen LogP contribution < -0.4 is 0 Å². The normalized spacial score (nSPS) is 12.6. The Morgan fingerprint density at radius 2 is 2.29 bits per heavy atom. The third kappa shape index (κ3) is 2.53. The van der Waals surface area contributed by atoms with Crippen molar-refractivity contribution in [2.45, 2.75) is 22.5 Å². The molecule has 4 heteroatoms. The minimum Gasteiger partial charge on any atom is -0.293 e. The Balaban J connectivity index is 3.23. The van der Waals surface area contributed by atoms with Gasteiger partial charge in [-0.1, -0.05) is 28.1 Å². The van der Waals surface area contributed by atoms with Gasteiger partial charge in [-0.05, 0) is 18.6 Å². The number of carbonyl (C=O) groups is 1. The number of carbonyl (C=O) groups excluding carboxylic acids is 1. The molecule has 0 aliphatic heterocycles. The van der Waals surface area contributed by atoms with E-state index in [0.29, 0.717) is 16.3 Å². The molecule has 0 saturated heterocycles. The quantitative estimate of drug-likeness (QED) is 0.511. The third-order valence-corrected chi connectivity index (χ3v) is 2.96. The molecule has 0 fully saturated rings. The lowest BCUT2D eigenvalue weighted by Gasteiger charge is -2.10. The molecule has 0 bridgehead atoms. The largest absolute Gasteiger partial charge is 0.293 e. The molecular weight excluding hydrogens is 284 g/mol. The molecule has 0 aliphatic carbocycles. The fourth-order valence-corrected chi connectivity index (χ4v) is 1.97. The smallest absolute Gasteiger partial charge is 0.177 e. The van der Waals surface area contributed by atoms with Gasteiger partial charge in [-0.15, -0.1) is 24.2 Å². The highest BCUT2D eigenvalue weighted by Crippen LogP contribution is 2.23. The minimum atomic E-state index is -0.210. The van der Waals surface area contributed by atoms with Crippen molar-refractivity contribution in [2.24, 2.45) is 0 Å². The van der Waals surface area contributed by atoms with Gasteiger partial charge in [-0.2, -0.15) is 0 Å². The van der Waals surface area contributed by atoms with Gasteiger partial charge in [0.15, 0.2) is 5.78 Å². The van der Waals surface area contributed by atoms with Gasteiger partial charge in [0.2, 0.25) is 0 Å². The first-order valence-corrected chi connectivity index (χ1v) is 6.02. The molecule has 14 heavy (non-hydrogen) atoms. The average Bonchev–Trinajstić information content (AvgIpc) is 2.16. The molecule has 1 aromatic rings. The number of hydrogen-bond donors (Lipinski definition) is 1. The maximum Gasteiger partial charge on any atom is 0.177 e. The van der Waals surface area contributed by atoms with Crippen LogP contribution in [0.4, 0.5) is 0 Å². The van der Waals surface area contributed by atoms with E-state index >= 15 is 0 Å². The van der Waals surface area contributed by atoms with Crippen LogP contribution in [0.25, 0.3) is 0 Å². The van der Waals surface area contributed by atoms with Crippen molar-refractivity contribution in [1.29, 1.82) is 0 Å². The van der Waals surface area contributed by atoms with E-state index in [0.717, 1.165) is 5.56 Å². The number of Topliss-reactive ketones (excluding diaryl/α,β-unsaturated/α-hetero) is 1. The number of alkyl halides is 2. The molecule has 1 rings (SSSR count). The Labute approximate surface area is 102 Å². The highest BCUT2D eigenvalue weighted by molar-refractivity contribution is 9.10. The van der Waals surface area contributed by atoms with Crippen molar-refractivity contribution < 1.29 is 4.79 Å². The van der Waals surface area contributed by atoms with Crippen molar-refractivity contribution in [1.82, 2.24) is 0 Å². The van der Waals surface area contributed by atoms with Gasteiger partial charge in [0.05, 0.1) is 4.83 Å². The first-order chi connectivity index (χ1) is 6.57. The van der Waals surface area contributed by atoms with Gasteiger partial charge in [0.1, 0.15) is 0 Å². The second-order valence-corrected chi connectivity index (χ2v) is 5.05. The molecule has 1 atom stereocenters. The zero-order valence-electron chi connectivity index (χ0n) is 7.63. The monoisotopic (exact) mass is 292 g/mol. The molecule has 0 radical (unpaired) electrons. The highest BCUT2D eigenvalue weighted by Gasteiger charge is 2.17. The summed E-state index contributed by atoms with van der Waals surface area (Å²) in [6.45, 7) is 1.79. The summed E-state index contributed by atoms with van der Waals surface area (Å²) in [7, 11) is 0. The Bertz CT molecular complexity index is 352. The van der Waals surface area contributed by atoms with E-state index in [1.54, 1.807) is 13.0 Å². The molecule has 0 amide bonds. The lowest BCUT2D eigenvalue weighted by atomic mass is 10.0. The first-order valence-electron chi connectivity index (χ1n) is 4.13. The van der Waals surface area contributed by atoms with Crippen molar-refractivity contribution in [3.8, 4) is 0 Å². The standard InChI is InChI=1S/C10H10BrClOS/c1-6(11)10(13)9-7(5-12)3-2-4-8(9)14/h2-4,6,14H,5H2,1H3. The molecule has 76 valence electrons. The van der Waals surface area contributed by atoms with Crippen LogP contribution in [0.15, 0.2) is 23.1 Å². The maximum atomic E-state index is 11.8. The van der Waals surface area contributed by atoms with Gasteiger partial charge in [0.25, 0.3) is 0 Å². The Morgan fingerprint density at radius 3 is 2.79 bits per heavy atom. The summed E-state index contributed by atoms with van der Waals surface area (Å²) in [5.74, 6) is 0.348. The Kier molecular flexibility index (Phi) is 4.48. The second kappa shape index (κ2) is 5.19. The molecule has 0 saturated carbocycles. The number of hydrogen-bond acceptors (Lipinski definition) is 2. The minimum absolute atomic E-state index is 0.0197. The highest BCUT2D eigenvalue weighted by atomic mass is 79.9. The predicted octanol–water partition coefficient (Wildman–Crippen LogP) is 3.68. The number of thiol groups is 1. The van der Waals surface area contributed by atoms with Crippen LogP contribution in [0.3, 0.4) is 0 Å². The first kappa shape index (κ1) is 12.1. The van der Waals surface area contributed by atoms with Crippen molar-refractivity contribution in [2.75, 3.05) is 0 Å². The van der Waals surface area contributed by atoms with E-state index in [1.165, 1.54) is 0 Å². The van der Waals surface area contributed by atoms with Gasteiger partial charge in [-0.25, -0.2) is 0 Å². The van der Waals surface area contributed by atoms with Crippen LogP contribution in [0, 0.1) is 0 Å². The van der Waals surface area contributed by atoms with Crippen LogP contribution in [0.2, 0.25) is 0 Å². The van der Waals surface area contributed by atoms with Crippen molar-refractivity contribution in [3.05, 3.63) is 29.3 Å². The van der Waals surface area contributed by atoms with E-state index in [2.05, 4.69) is 28.6 Å². The number of rotatable bonds is 3. The van der Waals surface area contributed by atoms with Gasteiger partial charge in [-0.3, -0.25) is 4.79 Å². The van der Waals surface area contributed by atoms with Crippen LogP contribution in [0.5, 0.6) is 0 Å². The molecule has 1 unspecified atom stereocenters. The second-order valence-electron chi connectivity index (χ2n) is 2.93. The fraction of sp³-hybridized carbons (Fsp3) is 0.300. The Hall–Kier alpha value is 0.01000. The maximum absolute atomic E-state index is 11.8. The number of benzene rings is 1. The van der Waals surface area contributed by atoms with Crippen LogP contribution in [-0.4, -0.2) is 10.6 Å². The Morgan fingerprint density at radius 1 is 1.64 bits per heavy atom. The summed E-state index contributed by atoms with van der Waals surface area (Å²) in [5, 5.41) is 0. The summed E-state index contributed by atoms with van der Waals surface area (Å²) in [6, 6.07) is 5.48. The van der Waals surface area contributed by atoms with E-state index < -0.39 is 0 Å². The zero-order chi connectivity index (χ0) is 10.7. The lowest BCUT2D eigenvalue weighted by Crippen LogP contribution is -2.13. The topological polar surface area (TPSA) is 17.1 Å². The predicted molar refractivity (Wildman–Crippen MR) is 66.0 cm³/mol. The van der Waals surface area contributed by atoms with E-state index in [1.807, 2.05) is 12.1 Å². The van der Waals surface area contributed by atoms with E-state index in [4.69, 9.17) is 11.6 Å².